The number of Topliss-reactive ketones (excluding diaryl/α,β-unsaturated/α-hetero) is 1. The molecular formula is C17H28O3. The summed E-state index contributed by atoms with van der Waals surface area (Å²) in [5.74, 6) is 0.107. The van der Waals surface area contributed by atoms with Crippen molar-refractivity contribution < 1.29 is 14.6 Å². The number of hydrogen-bond donors (Lipinski definition) is 1. The largest absolute Gasteiger partial charge is 0.394 e. The molecule has 1 aliphatic carbocycles. The van der Waals surface area contributed by atoms with Gasteiger partial charge < -0.3 is 9.84 Å². The molecular weight excluding hydrogens is 252 g/mol. The lowest BCUT2D eigenvalue weighted by molar-refractivity contribution is -0.114. The van der Waals surface area contributed by atoms with Gasteiger partial charge in [-0.3, -0.25) is 4.79 Å². The highest BCUT2D eigenvalue weighted by molar-refractivity contribution is 6.11. The molecule has 0 unspecified atom stereocenters. The first-order chi connectivity index (χ1) is 8.91. The van der Waals surface area contributed by atoms with E-state index < -0.39 is 5.60 Å². The topological polar surface area (TPSA) is 46.5 Å². The molecule has 0 spiro atoms. The molecule has 0 radical (unpaired) electrons. The molecule has 1 rings (SSSR count). The molecule has 0 atom stereocenters. The molecule has 0 saturated carbocycles. The molecule has 0 amide bonds. The molecule has 1 N–H and O–H groups in total. The molecule has 3 heteroatoms. The van der Waals surface area contributed by atoms with Crippen LogP contribution in [0.2, 0.25) is 0 Å². The molecule has 0 fully saturated rings. The lowest BCUT2D eigenvalue weighted by atomic mass is 9.70. The van der Waals surface area contributed by atoms with Gasteiger partial charge in [0, 0.05) is 11.1 Å². The van der Waals surface area contributed by atoms with E-state index in [1.807, 2.05) is 60.6 Å². The van der Waals surface area contributed by atoms with Gasteiger partial charge in [0.15, 0.2) is 5.78 Å². The normalized spacial score (nSPS) is 19.7. The molecule has 0 saturated heterocycles. The van der Waals surface area contributed by atoms with E-state index >= 15 is 0 Å². The third-order valence-electron chi connectivity index (χ3n) is 3.47. The summed E-state index contributed by atoms with van der Waals surface area (Å²) in [7, 11) is 0. The van der Waals surface area contributed by atoms with Crippen LogP contribution in [0.25, 0.3) is 0 Å². The second-order valence-electron chi connectivity index (χ2n) is 7.70. The third-order valence-corrected chi connectivity index (χ3v) is 3.47. The van der Waals surface area contributed by atoms with Gasteiger partial charge in [0.1, 0.15) is 5.60 Å². The van der Waals surface area contributed by atoms with E-state index in [4.69, 9.17) is 9.84 Å². The Hall–Kier alpha value is -0.930. The van der Waals surface area contributed by atoms with Gasteiger partial charge in [-0.25, -0.2) is 0 Å². The second-order valence-corrected chi connectivity index (χ2v) is 7.70. The van der Waals surface area contributed by atoms with Crippen LogP contribution in [0.4, 0.5) is 0 Å². The van der Waals surface area contributed by atoms with Crippen LogP contribution in [0.3, 0.4) is 0 Å². The zero-order chi connectivity index (χ0) is 15.8. The fraction of sp³-hybridized carbons (Fsp3) is 0.706. The first-order valence-electron chi connectivity index (χ1n) is 7.17. The van der Waals surface area contributed by atoms with E-state index in [1.54, 1.807) is 0 Å². The Balaban J connectivity index is 3.33. The van der Waals surface area contributed by atoms with Crippen LogP contribution in [-0.2, 0) is 9.53 Å². The van der Waals surface area contributed by atoms with E-state index in [-0.39, 0.29) is 29.8 Å². The number of rotatable bonds is 3. The maximum atomic E-state index is 12.7. The van der Waals surface area contributed by atoms with Gasteiger partial charge in [0.05, 0.1) is 13.2 Å². The first-order valence-corrected chi connectivity index (χ1v) is 7.17. The van der Waals surface area contributed by atoms with Crippen molar-refractivity contribution >= 4 is 5.78 Å². The Kier molecular flexibility index (Phi) is 4.67. The van der Waals surface area contributed by atoms with Gasteiger partial charge >= 0.3 is 0 Å². The van der Waals surface area contributed by atoms with Crippen LogP contribution in [0.5, 0.6) is 0 Å². The number of ether oxygens (including phenoxy) is 1. The molecule has 0 bridgehead atoms. The highest BCUT2D eigenvalue weighted by Gasteiger charge is 2.39. The number of carbonyl (C=O) groups excluding carboxylic acids is 1. The van der Waals surface area contributed by atoms with Crippen LogP contribution in [-0.4, -0.2) is 29.7 Å². The molecule has 0 aromatic rings. The summed E-state index contributed by atoms with van der Waals surface area (Å²) >= 11 is 0. The predicted molar refractivity (Wildman–Crippen MR) is 81.5 cm³/mol. The molecule has 0 heterocycles. The summed E-state index contributed by atoms with van der Waals surface area (Å²) in [5, 5.41) is 8.98. The SMILES string of the molecule is CC1(OCCO)C=C(C(C)(C)C)C(=O)C(C(C)(C)C)=C1. The average Bonchev–Trinajstić information content (AvgIpc) is 2.27. The van der Waals surface area contributed by atoms with Crippen molar-refractivity contribution in [2.24, 2.45) is 10.8 Å². The maximum Gasteiger partial charge on any atom is 0.185 e. The van der Waals surface area contributed by atoms with Crippen LogP contribution in [0, 0.1) is 10.8 Å². The average molecular weight is 280 g/mol. The number of carbonyl (C=O) groups is 1. The first kappa shape index (κ1) is 17.1. The summed E-state index contributed by atoms with van der Waals surface area (Å²) in [6.45, 7) is 14.4. The fourth-order valence-corrected chi connectivity index (χ4v) is 2.35. The standard InChI is InChI=1S/C17H28O3/c1-15(2,3)12-10-17(7,20-9-8-18)11-13(14(12)19)16(4,5)6/h10-11,18H,8-9H2,1-7H3. The Labute approximate surface area is 122 Å². The second kappa shape index (κ2) is 5.45. The number of aliphatic hydroxyl groups excluding tert-OH is 1. The Morgan fingerprint density at radius 1 is 1.05 bits per heavy atom. The summed E-state index contributed by atoms with van der Waals surface area (Å²) in [6, 6.07) is 0. The summed E-state index contributed by atoms with van der Waals surface area (Å²) < 4.78 is 5.76. The number of ketones is 1. The molecule has 0 aliphatic heterocycles. The van der Waals surface area contributed by atoms with Gasteiger partial charge in [0.25, 0.3) is 0 Å². The van der Waals surface area contributed by atoms with Crippen molar-refractivity contribution in [2.45, 2.75) is 54.1 Å². The zero-order valence-corrected chi connectivity index (χ0v) is 13.8. The predicted octanol–water partition coefficient (Wildman–Crippen LogP) is 3.28. The van der Waals surface area contributed by atoms with Crippen LogP contribution >= 0.6 is 0 Å². The minimum absolute atomic E-state index is 0.0269. The zero-order valence-electron chi connectivity index (χ0n) is 13.8. The van der Waals surface area contributed by atoms with Gasteiger partial charge in [0.2, 0.25) is 0 Å². The van der Waals surface area contributed by atoms with Gasteiger partial charge in [-0.15, -0.1) is 0 Å². The van der Waals surface area contributed by atoms with E-state index in [0.29, 0.717) is 0 Å². The van der Waals surface area contributed by atoms with E-state index in [2.05, 4.69) is 0 Å². The molecule has 0 aromatic heterocycles. The van der Waals surface area contributed by atoms with Gasteiger partial charge in [-0.05, 0) is 29.9 Å². The Morgan fingerprint density at radius 3 is 1.75 bits per heavy atom. The lowest BCUT2D eigenvalue weighted by Gasteiger charge is -2.37. The summed E-state index contributed by atoms with van der Waals surface area (Å²) in [5.41, 5.74) is 0.467. The van der Waals surface area contributed by atoms with Crippen molar-refractivity contribution in [1.29, 1.82) is 0 Å². The van der Waals surface area contributed by atoms with Crippen molar-refractivity contribution in [3.05, 3.63) is 23.3 Å². The van der Waals surface area contributed by atoms with Crippen molar-refractivity contribution in [1.82, 2.24) is 0 Å². The fourth-order valence-electron chi connectivity index (χ4n) is 2.35. The molecule has 20 heavy (non-hydrogen) atoms. The van der Waals surface area contributed by atoms with E-state index in [0.717, 1.165) is 11.1 Å². The van der Waals surface area contributed by atoms with Gasteiger partial charge in [-0.2, -0.15) is 0 Å². The Morgan fingerprint density at radius 2 is 1.45 bits per heavy atom. The quantitative estimate of drug-likeness (QED) is 0.863. The number of allylic oxidation sites excluding steroid dienone is 2. The third kappa shape index (κ3) is 3.80. The van der Waals surface area contributed by atoms with Gasteiger partial charge in [-0.1, -0.05) is 41.5 Å². The van der Waals surface area contributed by atoms with Crippen molar-refractivity contribution in [2.75, 3.05) is 13.2 Å². The maximum absolute atomic E-state index is 12.7. The minimum Gasteiger partial charge on any atom is -0.394 e. The molecule has 1 aliphatic rings. The van der Waals surface area contributed by atoms with Crippen LogP contribution < -0.4 is 0 Å². The Bertz CT molecular complexity index is 408. The van der Waals surface area contributed by atoms with Crippen molar-refractivity contribution in [3.8, 4) is 0 Å². The van der Waals surface area contributed by atoms with Crippen molar-refractivity contribution in [3.63, 3.8) is 0 Å². The highest BCUT2D eigenvalue weighted by atomic mass is 16.5. The lowest BCUT2D eigenvalue weighted by Crippen LogP contribution is -2.37. The molecule has 114 valence electrons. The molecule has 3 nitrogen and oxygen atoms in total. The number of aliphatic hydroxyl groups is 1. The van der Waals surface area contributed by atoms with Crippen LogP contribution in [0.1, 0.15) is 48.5 Å². The van der Waals surface area contributed by atoms with E-state index in [9.17, 15) is 4.79 Å². The monoisotopic (exact) mass is 280 g/mol. The summed E-state index contributed by atoms with van der Waals surface area (Å²) in [6.07, 6.45) is 3.81. The summed E-state index contributed by atoms with van der Waals surface area (Å²) in [4.78, 5) is 12.7. The van der Waals surface area contributed by atoms with Crippen LogP contribution in [0.15, 0.2) is 23.3 Å². The molecule has 0 aromatic carbocycles. The van der Waals surface area contributed by atoms with E-state index in [1.165, 1.54) is 0 Å². The highest BCUT2D eigenvalue weighted by Crippen LogP contribution is 2.41. The smallest absolute Gasteiger partial charge is 0.185 e. The number of hydrogen-bond acceptors (Lipinski definition) is 3. The minimum atomic E-state index is -0.637.